The second-order valence-electron chi connectivity index (χ2n) is 5.97. The minimum absolute atomic E-state index is 0.0402. The number of hydrogen-bond acceptors (Lipinski definition) is 3. The third-order valence-corrected chi connectivity index (χ3v) is 5.40. The van der Waals surface area contributed by atoms with Gasteiger partial charge in [0.25, 0.3) is 0 Å². The zero-order valence-corrected chi connectivity index (χ0v) is 15.8. The van der Waals surface area contributed by atoms with Gasteiger partial charge in [0, 0.05) is 29.3 Å². The topological polar surface area (TPSA) is 52.1 Å². The molecular formula is C17H16BrClFN3O2. The van der Waals surface area contributed by atoms with Crippen LogP contribution in [0.25, 0.3) is 22.0 Å². The Labute approximate surface area is 157 Å². The number of methoxy groups -OCH3 is 1. The molecule has 1 aromatic carbocycles. The summed E-state index contributed by atoms with van der Waals surface area (Å²) >= 11 is 9.50. The highest BCUT2D eigenvalue weighted by Gasteiger charge is 2.22. The average Bonchev–Trinajstić information content (AvgIpc) is 3.23. The zero-order valence-electron chi connectivity index (χ0n) is 13.5. The van der Waals surface area contributed by atoms with Gasteiger partial charge < -0.3 is 14.5 Å². The molecule has 0 spiro atoms. The number of nitrogens with zero attached hydrogens (tertiary/aromatic N) is 2. The number of rotatable bonds is 3. The fourth-order valence-electron chi connectivity index (χ4n) is 3.20. The smallest absolute Gasteiger partial charge is 0.169 e. The molecule has 3 heterocycles. The van der Waals surface area contributed by atoms with E-state index in [2.05, 4.69) is 26.0 Å². The molecule has 132 valence electrons. The molecule has 5 nitrogen and oxygen atoms in total. The highest BCUT2D eigenvalue weighted by atomic mass is 79.9. The van der Waals surface area contributed by atoms with Gasteiger partial charge in [-0.15, -0.1) is 0 Å². The van der Waals surface area contributed by atoms with Crippen LogP contribution in [-0.2, 0) is 4.74 Å². The number of ether oxygens (including phenoxy) is 2. The van der Waals surface area contributed by atoms with Crippen molar-refractivity contribution in [3.63, 3.8) is 0 Å². The van der Waals surface area contributed by atoms with Crippen molar-refractivity contribution in [3.8, 4) is 16.9 Å². The highest BCUT2D eigenvalue weighted by molar-refractivity contribution is 9.10. The van der Waals surface area contributed by atoms with Crippen LogP contribution < -0.4 is 4.74 Å². The van der Waals surface area contributed by atoms with Crippen molar-refractivity contribution in [1.29, 1.82) is 0 Å². The first-order valence-corrected chi connectivity index (χ1v) is 9.16. The molecule has 4 rings (SSSR count). The second kappa shape index (κ2) is 6.63. The molecule has 3 aromatic rings. The maximum atomic E-state index is 14.5. The molecule has 8 heteroatoms. The molecule has 0 radical (unpaired) electrons. The van der Waals surface area contributed by atoms with Gasteiger partial charge in [-0.3, -0.25) is 0 Å². The zero-order chi connectivity index (χ0) is 17.6. The summed E-state index contributed by atoms with van der Waals surface area (Å²) in [6.45, 7) is 0.748. The van der Waals surface area contributed by atoms with Crippen LogP contribution in [0.15, 0.2) is 23.1 Å². The number of fused-ring (bicyclic) bond motifs is 1. The Balaban J connectivity index is 1.82. The van der Waals surface area contributed by atoms with Gasteiger partial charge in [0.15, 0.2) is 5.82 Å². The van der Waals surface area contributed by atoms with E-state index in [1.807, 2.05) is 10.9 Å². The van der Waals surface area contributed by atoms with Crippen molar-refractivity contribution in [2.24, 2.45) is 0 Å². The number of nitrogens with one attached hydrogen (secondary N) is 1. The first kappa shape index (κ1) is 16.9. The Hall–Kier alpha value is -1.57. The van der Waals surface area contributed by atoms with Crippen molar-refractivity contribution in [2.75, 3.05) is 13.7 Å². The summed E-state index contributed by atoms with van der Waals surface area (Å²) in [6.07, 6.45) is 6.77. The van der Waals surface area contributed by atoms with Crippen LogP contribution in [0.3, 0.4) is 0 Å². The molecule has 25 heavy (non-hydrogen) atoms. The number of hydrogen-bond donors (Lipinski definition) is 1. The third-order valence-electron chi connectivity index (χ3n) is 4.46. The molecule has 1 aliphatic rings. The number of benzene rings is 1. The fraction of sp³-hybridized carbons (Fsp3) is 0.353. The molecule has 1 N–H and O–H groups in total. The van der Waals surface area contributed by atoms with E-state index in [-0.39, 0.29) is 11.3 Å². The van der Waals surface area contributed by atoms with E-state index >= 15 is 0 Å². The van der Waals surface area contributed by atoms with Crippen LogP contribution in [0, 0.1) is 5.82 Å². The van der Waals surface area contributed by atoms with Crippen molar-refractivity contribution in [1.82, 2.24) is 14.8 Å². The second-order valence-corrected chi connectivity index (χ2v) is 7.14. The van der Waals surface area contributed by atoms with Gasteiger partial charge in [0.2, 0.25) is 0 Å². The molecule has 2 aromatic heterocycles. The number of halogens is 3. The van der Waals surface area contributed by atoms with Crippen molar-refractivity contribution < 1.29 is 13.9 Å². The van der Waals surface area contributed by atoms with Crippen LogP contribution in [0.1, 0.15) is 25.5 Å². The molecule has 1 atom stereocenters. The molecule has 1 aliphatic heterocycles. The Bertz CT molecular complexity index is 934. The minimum atomic E-state index is -0.536. The van der Waals surface area contributed by atoms with Crippen LogP contribution in [0.5, 0.6) is 5.75 Å². The van der Waals surface area contributed by atoms with Gasteiger partial charge in [-0.05, 0) is 41.3 Å². The molecule has 1 unspecified atom stereocenters. The number of aromatic nitrogens is 3. The van der Waals surface area contributed by atoms with E-state index in [0.29, 0.717) is 21.3 Å². The van der Waals surface area contributed by atoms with Crippen molar-refractivity contribution in [2.45, 2.75) is 25.5 Å². The average molecular weight is 429 g/mol. The van der Waals surface area contributed by atoms with Crippen molar-refractivity contribution in [3.05, 3.63) is 33.9 Å². The fourth-order valence-corrected chi connectivity index (χ4v) is 4.07. The number of aromatic amines is 1. The molecule has 0 aliphatic carbocycles. The Morgan fingerprint density at radius 1 is 1.48 bits per heavy atom. The molecular weight excluding hydrogens is 413 g/mol. The lowest BCUT2D eigenvalue weighted by molar-refractivity contribution is -0.0394. The summed E-state index contributed by atoms with van der Waals surface area (Å²) in [5, 5.41) is 5.07. The van der Waals surface area contributed by atoms with Crippen LogP contribution in [0.4, 0.5) is 4.39 Å². The van der Waals surface area contributed by atoms with E-state index in [0.717, 1.165) is 37.0 Å². The van der Waals surface area contributed by atoms with Crippen molar-refractivity contribution >= 4 is 38.4 Å². The molecule has 1 saturated heterocycles. The van der Waals surface area contributed by atoms with E-state index in [9.17, 15) is 4.39 Å². The SMILES string of the molecule is COc1cc2c(-c3cnn(C4CCCCO4)c3)c(Br)[nH]c2c(F)c1Cl. The summed E-state index contributed by atoms with van der Waals surface area (Å²) < 4.78 is 28.0. The van der Waals surface area contributed by atoms with E-state index < -0.39 is 5.82 Å². The monoisotopic (exact) mass is 427 g/mol. The first-order chi connectivity index (χ1) is 12.1. The van der Waals surface area contributed by atoms with Crippen LogP contribution >= 0.6 is 27.5 Å². The molecule has 1 fully saturated rings. The van der Waals surface area contributed by atoms with Gasteiger partial charge in [-0.1, -0.05) is 11.6 Å². The summed E-state index contributed by atoms with van der Waals surface area (Å²) in [6, 6.07) is 1.73. The predicted molar refractivity (Wildman–Crippen MR) is 97.6 cm³/mol. The number of H-pyrrole nitrogens is 1. The van der Waals surface area contributed by atoms with Gasteiger partial charge in [-0.25, -0.2) is 9.07 Å². The summed E-state index contributed by atoms with van der Waals surface area (Å²) in [4.78, 5) is 3.01. The lowest BCUT2D eigenvalue weighted by Gasteiger charge is -2.22. The standard InChI is InChI=1S/C17H16BrClFN3O2/c1-24-11-6-10-13(17(18)22-16(10)15(20)14(11)19)9-7-21-23(8-9)12-4-2-3-5-25-12/h6-8,12,22H,2-5H2,1H3. The van der Waals surface area contributed by atoms with Gasteiger partial charge >= 0.3 is 0 Å². The lowest BCUT2D eigenvalue weighted by Crippen LogP contribution is -2.18. The highest BCUT2D eigenvalue weighted by Crippen LogP contribution is 2.42. The summed E-state index contributed by atoms with van der Waals surface area (Å²) in [7, 11) is 1.46. The van der Waals surface area contributed by atoms with Crippen LogP contribution in [0.2, 0.25) is 5.02 Å². The van der Waals surface area contributed by atoms with E-state index in [4.69, 9.17) is 21.1 Å². The lowest BCUT2D eigenvalue weighted by atomic mass is 10.1. The van der Waals surface area contributed by atoms with E-state index in [1.54, 1.807) is 12.3 Å². The molecule has 0 amide bonds. The first-order valence-electron chi connectivity index (χ1n) is 7.99. The maximum absolute atomic E-state index is 14.5. The molecule has 0 saturated carbocycles. The van der Waals surface area contributed by atoms with Gasteiger partial charge in [0.1, 0.15) is 17.0 Å². The van der Waals surface area contributed by atoms with E-state index in [1.165, 1.54) is 7.11 Å². The predicted octanol–water partition coefficient (Wildman–Crippen LogP) is 5.29. The third kappa shape index (κ3) is 2.84. The quantitative estimate of drug-likeness (QED) is 0.616. The normalized spacial score (nSPS) is 18.0. The Morgan fingerprint density at radius 3 is 3.04 bits per heavy atom. The maximum Gasteiger partial charge on any atom is 0.169 e. The Morgan fingerprint density at radius 2 is 2.32 bits per heavy atom. The minimum Gasteiger partial charge on any atom is -0.495 e. The summed E-state index contributed by atoms with van der Waals surface area (Å²) in [5.41, 5.74) is 2.00. The van der Waals surface area contributed by atoms with Gasteiger partial charge in [0.05, 0.1) is 23.4 Å². The molecule has 0 bridgehead atoms. The van der Waals surface area contributed by atoms with Gasteiger partial charge in [-0.2, -0.15) is 5.10 Å². The van der Waals surface area contributed by atoms with Crippen LogP contribution in [-0.4, -0.2) is 28.5 Å². The largest absolute Gasteiger partial charge is 0.495 e. The summed E-state index contributed by atoms with van der Waals surface area (Å²) in [5.74, 6) is -0.242. The Kier molecular flexibility index (Phi) is 4.47.